The summed E-state index contributed by atoms with van der Waals surface area (Å²) in [6.07, 6.45) is 0.259. The summed E-state index contributed by atoms with van der Waals surface area (Å²) in [6, 6.07) is 7.79. The summed E-state index contributed by atoms with van der Waals surface area (Å²) < 4.78 is 63.5. The van der Waals surface area contributed by atoms with Gasteiger partial charge in [0.25, 0.3) is 0 Å². The van der Waals surface area contributed by atoms with Crippen LogP contribution in [0.5, 0.6) is 0 Å². The maximum Gasteiger partial charge on any atom is 0.250 e. The van der Waals surface area contributed by atoms with Crippen LogP contribution in [-0.4, -0.2) is 26.5 Å². The first-order chi connectivity index (χ1) is 17.6. The van der Waals surface area contributed by atoms with Gasteiger partial charge in [-0.15, -0.1) is 0 Å². The summed E-state index contributed by atoms with van der Waals surface area (Å²) >= 11 is 0. The summed E-state index contributed by atoms with van der Waals surface area (Å²) in [6.45, 7) is 3.65. The number of hydrogen-bond acceptors (Lipinski definition) is 4. The van der Waals surface area contributed by atoms with E-state index in [-0.39, 0.29) is 37.3 Å². The number of anilines is 1. The lowest BCUT2D eigenvalue weighted by molar-refractivity contribution is -0.117. The van der Waals surface area contributed by atoms with Gasteiger partial charge in [-0.05, 0) is 56.5 Å². The molecule has 6 nitrogen and oxygen atoms in total. The zero-order valence-corrected chi connectivity index (χ0v) is 20.3. The molecule has 1 unspecified atom stereocenters. The second-order valence-corrected chi connectivity index (χ2v) is 9.91. The standard InChI is InChI=1S/C27H24F4N4O2/c1-14-25(15(2)37-33-14)16-3-6-22-21(11-16)32-26(35(22)18-9-10-27(30,31)13-18)23-7-8-24(36)34(23)17-4-5-19(28)20(29)12-17/h3-6,11-12,18,23H,7-10,13H2,1-2H3/t18-,23?/m1/s1. The van der Waals surface area contributed by atoms with E-state index in [4.69, 9.17) is 9.51 Å². The van der Waals surface area contributed by atoms with Crippen molar-refractivity contribution in [1.82, 2.24) is 14.7 Å². The van der Waals surface area contributed by atoms with Gasteiger partial charge < -0.3 is 14.0 Å². The van der Waals surface area contributed by atoms with Crippen LogP contribution in [0.25, 0.3) is 22.2 Å². The van der Waals surface area contributed by atoms with Crippen molar-refractivity contribution < 1.29 is 26.9 Å². The van der Waals surface area contributed by atoms with E-state index in [1.54, 1.807) is 0 Å². The average molecular weight is 513 g/mol. The molecule has 0 spiro atoms. The summed E-state index contributed by atoms with van der Waals surface area (Å²) in [5, 5.41) is 4.02. The molecule has 0 N–H and O–H groups in total. The molecule has 1 saturated heterocycles. The van der Waals surface area contributed by atoms with Crippen LogP contribution >= 0.6 is 0 Å². The molecule has 1 saturated carbocycles. The lowest BCUT2D eigenvalue weighted by Crippen LogP contribution is -2.30. The number of benzene rings is 2. The number of rotatable bonds is 4. The number of carbonyl (C=O) groups is 1. The summed E-state index contributed by atoms with van der Waals surface area (Å²) in [7, 11) is 0. The molecule has 0 bridgehead atoms. The van der Waals surface area contributed by atoms with Crippen LogP contribution in [0.2, 0.25) is 0 Å². The van der Waals surface area contributed by atoms with E-state index >= 15 is 0 Å². The number of nitrogens with zero attached hydrogens (tertiary/aromatic N) is 4. The summed E-state index contributed by atoms with van der Waals surface area (Å²) in [5.41, 5.74) is 3.86. The number of imidazole rings is 1. The van der Waals surface area contributed by atoms with Crippen LogP contribution in [0.3, 0.4) is 0 Å². The average Bonchev–Trinajstić information content (AvgIpc) is 3.59. The number of amides is 1. The van der Waals surface area contributed by atoms with Gasteiger partial charge in [0.2, 0.25) is 11.8 Å². The minimum Gasteiger partial charge on any atom is -0.361 e. The Labute approximate surface area is 209 Å². The van der Waals surface area contributed by atoms with Gasteiger partial charge in [0.15, 0.2) is 11.6 Å². The fraction of sp³-hybridized carbons (Fsp3) is 0.370. The Morgan fingerprint density at radius 3 is 2.54 bits per heavy atom. The number of aromatic nitrogens is 3. The second kappa shape index (κ2) is 8.43. The van der Waals surface area contributed by atoms with Crippen molar-refractivity contribution in [1.29, 1.82) is 0 Å². The summed E-state index contributed by atoms with van der Waals surface area (Å²) in [4.78, 5) is 19.2. The van der Waals surface area contributed by atoms with Gasteiger partial charge in [0, 0.05) is 42.6 Å². The van der Waals surface area contributed by atoms with Crippen LogP contribution in [0.15, 0.2) is 40.9 Å². The molecule has 2 aromatic carbocycles. The molecule has 1 aliphatic carbocycles. The van der Waals surface area contributed by atoms with Gasteiger partial charge in [-0.1, -0.05) is 11.2 Å². The number of alkyl halides is 2. The van der Waals surface area contributed by atoms with Crippen LogP contribution in [0.4, 0.5) is 23.2 Å². The Morgan fingerprint density at radius 1 is 1.05 bits per heavy atom. The van der Waals surface area contributed by atoms with Gasteiger partial charge in [0.05, 0.1) is 22.8 Å². The minimum atomic E-state index is -2.79. The van der Waals surface area contributed by atoms with Crippen LogP contribution in [0, 0.1) is 25.5 Å². The maximum absolute atomic E-state index is 14.3. The molecular weight excluding hydrogens is 488 g/mol. The topological polar surface area (TPSA) is 64.2 Å². The van der Waals surface area contributed by atoms with Gasteiger partial charge in [0.1, 0.15) is 11.6 Å². The number of halogens is 4. The van der Waals surface area contributed by atoms with Crippen molar-refractivity contribution in [3.8, 4) is 11.1 Å². The van der Waals surface area contributed by atoms with Crippen molar-refractivity contribution in [3.05, 3.63) is 65.3 Å². The van der Waals surface area contributed by atoms with Gasteiger partial charge in [-0.25, -0.2) is 22.5 Å². The van der Waals surface area contributed by atoms with E-state index in [1.165, 1.54) is 11.0 Å². The Hall–Kier alpha value is -3.69. The molecule has 3 heterocycles. The predicted octanol–water partition coefficient (Wildman–Crippen LogP) is 6.81. The first-order valence-electron chi connectivity index (χ1n) is 12.2. The first-order valence-corrected chi connectivity index (χ1v) is 12.2. The Kier molecular flexibility index (Phi) is 5.40. The third-order valence-corrected chi connectivity index (χ3v) is 7.47. The van der Waals surface area contributed by atoms with E-state index in [1.807, 2.05) is 36.6 Å². The van der Waals surface area contributed by atoms with Gasteiger partial charge in [-0.2, -0.15) is 0 Å². The van der Waals surface area contributed by atoms with Gasteiger partial charge in [-0.3, -0.25) is 4.79 Å². The molecule has 0 radical (unpaired) electrons. The smallest absolute Gasteiger partial charge is 0.250 e. The quantitative estimate of drug-likeness (QED) is 0.282. The minimum absolute atomic E-state index is 0.179. The van der Waals surface area contributed by atoms with Crippen LogP contribution in [-0.2, 0) is 4.79 Å². The zero-order valence-electron chi connectivity index (χ0n) is 20.3. The van der Waals surface area contributed by atoms with Crippen molar-refractivity contribution in [2.75, 3.05) is 4.90 Å². The second-order valence-electron chi connectivity index (χ2n) is 9.91. The van der Waals surface area contributed by atoms with E-state index in [9.17, 15) is 22.4 Å². The van der Waals surface area contributed by atoms with Crippen molar-refractivity contribution in [2.24, 2.45) is 0 Å². The highest BCUT2D eigenvalue weighted by Gasteiger charge is 2.44. The molecule has 2 atom stereocenters. The lowest BCUT2D eigenvalue weighted by Gasteiger charge is -2.27. The molecule has 192 valence electrons. The summed E-state index contributed by atoms with van der Waals surface area (Å²) in [5.74, 6) is -4.02. The first kappa shape index (κ1) is 23.7. The number of aryl methyl sites for hydroxylation is 2. The van der Waals surface area contributed by atoms with E-state index in [0.717, 1.165) is 29.0 Å². The molecule has 10 heteroatoms. The highest BCUT2D eigenvalue weighted by molar-refractivity contribution is 5.96. The molecular formula is C27H24F4N4O2. The molecule has 37 heavy (non-hydrogen) atoms. The number of carbonyl (C=O) groups excluding carboxylic acids is 1. The molecule has 4 aromatic rings. The molecule has 2 fully saturated rings. The molecule has 1 amide bonds. The SMILES string of the molecule is Cc1noc(C)c1-c1ccc2c(c1)nc(C1CCC(=O)N1c1ccc(F)c(F)c1)n2[C@@H]1CCC(F)(F)C1. The normalized spacial score (nSPS) is 21.5. The Morgan fingerprint density at radius 2 is 1.86 bits per heavy atom. The van der Waals surface area contributed by atoms with Gasteiger partial charge >= 0.3 is 0 Å². The van der Waals surface area contributed by atoms with E-state index in [2.05, 4.69) is 5.16 Å². The number of hydrogen-bond donors (Lipinski definition) is 0. The Balaban J connectivity index is 1.52. The largest absolute Gasteiger partial charge is 0.361 e. The van der Waals surface area contributed by atoms with E-state index in [0.29, 0.717) is 29.0 Å². The third kappa shape index (κ3) is 3.89. The predicted molar refractivity (Wildman–Crippen MR) is 128 cm³/mol. The number of fused-ring (bicyclic) bond motifs is 1. The lowest BCUT2D eigenvalue weighted by atomic mass is 10.0. The van der Waals surface area contributed by atoms with Crippen LogP contribution < -0.4 is 4.90 Å². The molecule has 2 aromatic heterocycles. The van der Waals surface area contributed by atoms with E-state index < -0.39 is 29.6 Å². The molecule has 2 aliphatic rings. The Bertz CT molecular complexity index is 1520. The molecule has 6 rings (SSSR count). The van der Waals surface area contributed by atoms with Crippen molar-refractivity contribution >= 4 is 22.6 Å². The maximum atomic E-state index is 14.3. The third-order valence-electron chi connectivity index (χ3n) is 7.47. The fourth-order valence-electron chi connectivity index (χ4n) is 5.82. The van der Waals surface area contributed by atoms with Crippen molar-refractivity contribution in [3.63, 3.8) is 0 Å². The fourth-order valence-corrected chi connectivity index (χ4v) is 5.82. The van der Waals surface area contributed by atoms with Crippen molar-refractivity contribution in [2.45, 2.75) is 64.0 Å². The monoisotopic (exact) mass is 512 g/mol. The van der Waals surface area contributed by atoms with Crippen LogP contribution in [0.1, 0.15) is 61.5 Å². The highest BCUT2D eigenvalue weighted by Crippen LogP contribution is 2.46. The molecule has 1 aliphatic heterocycles. The highest BCUT2D eigenvalue weighted by atomic mass is 19.3. The zero-order chi connectivity index (χ0) is 26.1.